The minimum absolute atomic E-state index is 0.148. The summed E-state index contributed by atoms with van der Waals surface area (Å²) < 4.78 is 4.84. The van der Waals surface area contributed by atoms with E-state index >= 15 is 0 Å². The van der Waals surface area contributed by atoms with Crippen molar-refractivity contribution >= 4 is 5.91 Å². The average Bonchev–Trinajstić information content (AvgIpc) is 2.29. The highest BCUT2D eigenvalue weighted by Crippen LogP contribution is 1.96. The summed E-state index contributed by atoms with van der Waals surface area (Å²) in [6.07, 6.45) is 3.08. The van der Waals surface area contributed by atoms with Crippen LogP contribution in [0.5, 0.6) is 0 Å². The summed E-state index contributed by atoms with van der Waals surface area (Å²) in [5.74, 6) is -0.242. The molecule has 0 saturated heterocycles. The zero-order valence-electron chi connectivity index (χ0n) is 8.51. The van der Waals surface area contributed by atoms with Crippen LogP contribution in [-0.2, 0) is 4.74 Å². The van der Waals surface area contributed by atoms with Gasteiger partial charge in [-0.3, -0.25) is 9.78 Å². The van der Waals surface area contributed by atoms with Gasteiger partial charge in [0.05, 0.1) is 19.3 Å². The lowest BCUT2D eigenvalue weighted by Gasteiger charge is -2.14. The Morgan fingerprint density at radius 2 is 2.27 bits per heavy atom. The molecule has 2 N–H and O–H groups in total. The Bertz CT molecular complexity index is 303. The number of pyridine rings is 1. The third-order valence-corrected chi connectivity index (χ3v) is 1.87. The molecule has 1 heterocycles. The number of carbonyl (C=O) groups is 1. The number of hydrogen-bond donors (Lipinski definition) is 2. The molecule has 0 aliphatic carbocycles. The van der Waals surface area contributed by atoms with Gasteiger partial charge in [-0.25, -0.2) is 0 Å². The number of amides is 1. The zero-order chi connectivity index (χ0) is 11.1. The smallest absolute Gasteiger partial charge is 0.251 e. The van der Waals surface area contributed by atoms with Crippen molar-refractivity contribution in [2.24, 2.45) is 0 Å². The van der Waals surface area contributed by atoms with Crippen molar-refractivity contribution < 1.29 is 14.6 Å². The van der Waals surface area contributed by atoms with Gasteiger partial charge in [-0.1, -0.05) is 0 Å². The first-order valence-corrected chi connectivity index (χ1v) is 4.58. The number of aromatic nitrogens is 1. The molecule has 0 saturated carbocycles. The molecule has 0 bridgehead atoms. The molecular weight excluding hydrogens is 196 g/mol. The lowest BCUT2D eigenvalue weighted by molar-refractivity contribution is 0.0839. The number of rotatable bonds is 5. The highest BCUT2D eigenvalue weighted by atomic mass is 16.5. The second kappa shape index (κ2) is 6.10. The van der Waals surface area contributed by atoms with Crippen LogP contribution in [0.25, 0.3) is 0 Å². The zero-order valence-corrected chi connectivity index (χ0v) is 8.51. The Balaban J connectivity index is 2.55. The van der Waals surface area contributed by atoms with Crippen LogP contribution < -0.4 is 5.32 Å². The van der Waals surface area contributed by atoms with Gasteiger partial charge in [0.25, 0.3) is 5.91 Å². The Morgan fingerprint density at radius 1 is 1.60 bits per heavy atom. The molecule has 1 aromatic rings. The van der Waals surface area contributed by atoms with Crippen molar-refractivity contribution in [3.63, 3.8) is 0 Å². The van der Waals surface area contributed by atoms with Crippen molar-refractivity contribution in [1.82, 2.24) is 10.3 Å². The summed E-state index contributed by atoms with van der Waals surface area (Å²) in [5.41, 5.74) is 0.513. The van der Waals surface area contributed by atoms with Gasteiger partial charge in [0.15, 0.2) is 0 Å². The maximum Gasteiger partial charge on any atom is 0.251 e. The lowest BCUT2D eigenvalue weighted by Crippen LogP contribution is -2.40. The molecule has 0 aliphatic heterocycles. The number of nitrogens with one attached hydrogen (secondary N) is 1. The molecular formula is C10H14N2O3. The standard InChI is InChI=1S/C10H14N2O3/c1-15-7-9(6-13)12-10(14)8-2-4-11-5-3-8/h2-5,9,13H,6-7H2,1H3,(H,12,14). The molecule has 0 fully saturated rings. The van der Waals surface area contributed by atoms with E-state index in [0.29, 0.717) is 5.56 Å². The van der Waals surface area contributed by atoms with Crippen LogP contribution in [0.1, 0.15) is 10.4 Å². The van der Waals surface area contributed by atoms with Gasteiger partial charge in [-0.15, -0.1) is 0 Å². The van der Waals surface area contributed by atoms with Crippen LogP contribution in [0.3, 0.4) is 0 Å². The molecule has 1 rings (SSSR count). The molecule has 1 atom stereocenters. The first kappa shape index (κ1) is 11.6. The van der Waals surface area contributed by atoms with Crippen molar-refractivity contribution in [1.29, 1.82) is 0 Å². The monoisotopic (exact) mass is 210 g/mol. The minimum Gasteiger partial charge on any atom is -0.394 e. The summed E-state index contributed by atoms with van der Waals surface area (Å²) >= 11 is 0. The van der Waals surface area contributed by atoms with Gasteiger partial charge >= 0.3 is 0 Å². The summed E-state index contributed by atoms with van der Waals surface area (Å²) in [4.78, 5) is 15.4. The quantitative estimate of drug-likeness (QED) is 0.707. The molecule has 15 heavy (non-hydrogen) atoms. The predicted molar refractivity (Wildman–Crippen MR) is 54.5 cm³/mol. The SMILES string of the molecule is COCC(CO)NC(=O)c1ccncc1. The molecule has 0 radical (unpaired) electrons. The second-order valence-electron chi connectivity index (χ2n) is 3.04. The lowest BCUT2D eigenvalue weighted by atomic mass is 10.2. The first-order valence-electron chi connectivity index (χ1n) is 4.58. The predicted octanol–water partition coefficient (Wildman–Crippen LogP) is -0.181. The van der Waals surface area contributed by atoms with Gasteiger partial charge in [0, 0.05) is 25.1 Å². The molecule has 1 unspecified atom stereocenters. The van der Waals surface area contributed by atoms with Gasteiger partial charge in [-0.05, 0) is 12.1 Å². The molecule has 5 heteroatoms. The minimum atomic E-state index is -0.379. The molecule has 5 nitrogen and oxygen atoms in total. The van der Waals surface area contributed by atoms with Crippen LogP contribution in [0.2, 0.25) is 0 Å². The van der Waals surface area contributed by atoms with Gasteiger partial charge in [0.1, 0.15) is 0 Å². The fourth-order valence-electron chi connectivity index (χ4n) is 1.11. The van der Waals surface area contributed by atoms with Crippen LogP contribution in [0.4, 0.5) is 0 Å². The fraction of sp³-hybridized carbons (Fsp3) is 0.400. The first-order chi connectivity index (χ1) is 7.27. The number of aliphatic hydroxyl groups is 1. The molecule has 0 spiro atoms. The highest BCUT2D eigenvalue weighted by Gasteiger charge is 2.11. The van der Waals surface area contributed by atoms with E-state index < -0.39 is 0 Å². The van der Waals surface area contributed by atoms with E-state index in [-0.39, 0.29) is 25.2 Å². The van der Waals surface area contributed by atoms with E-state index in [1.54, 1.807) is 24.5 Å². The van der Waals surface area contributed by atoms with Crippen LogP contribution in [0, 0.1) is 0 Å². The maximum atomic E-state index is 11.6. The van der Waals surface area contributed by atoms with Gasteiger partial charge < -0.3 is 15.2 Å². The summed E-state index contributed by atoms with van der Waals surface area (Å²) in [7, 11) is 1.52. The number of carbonyl (C=O) groups excluding carboxylic acids is 1. The largest absolute Gasteiger partial charge is 0.394 e. The topological polar surface area (TPSA) is 71.5 Å². The summed E-state index contributed by atoms with van der Waals surface area (Å²) in [6, 6.07) is 2.84. The van der Waals surface area contributed by atoms with E-state index in [1.165, 1.54) is 7.11 Å². The van der Waals surface area contributed by atoms with Crippen molar-refractivity contribution in [3.8, 4) is 0 Å². The van der Waals surface area contributed by atoms with E-state index in [1.807, 2.05) is 0 Å². The highest BCUT2D eigenvalue weighted by molar-refractivity contribution is 5.94. The second-order valence-corrected chi connectivity index (χ2v) is 3.04. The van der Waals surface area contributed by atoms with E-state index in [0.717, 1.165) is 0 Å². The molecule has 82 valence electrons. The Morgan fingerprint density at radius 3 is 2.80 bits per heavy atom. The van der Waals surface area contributed by atoms with Crippen molar-refractivity contribution in [2.75, 3.05) is 20.3 Å². The van der Waals surface area contributed by atoms with E-state index in [2.05, 4.69) is 10.3 Å². The molecule has 0 aromatic carbocycles. The van der Waals surface area contributed by atoms with Crippen LogP contribution >= 0.6 is 0 Å². The third kappa shape index (κ3) is 3.65. The summed E-state index contributed by atoms with van der Waals surface area (Å²) in [6.45, 7) is 0.137. The Labute approximate surface area is 88.1 Å². The van der Waals surface area contributed by atoms with E-state index in [4.69, 9.17) is 9.84 Å². The van der Waals surface area contributed by atoms with E-state index in [9.17, 15) is 4.79 Å². The number of hydrogen-bond acceptors (Lipinski definition) is 4. The Kier molecular flexibility index (Phi) is 4.73. The number of nitrogens with zero attached hydrogens (tertiary/aromatic N) is 1. The Hall–Kier alpha value is -1.46. The fourth-order valence-corrected chi connectivity index (χ4v) is 1.11. The normalized spacial score (nSPS) is 12.1. The van der Waals surface area contributed by atoms with Crippen LogP contribution in [0.15, 0.2) is 24.5 Å². The van der Waals surface area contributed by atoms with Gasteiger partial charge in [-0.2, -0.15) is 0 Å². The number of methoxy groups -OCH3 is 1. The average molecular weight is 210 g/mol. The third-order valence-electron chi connectivity index (χ3n) is 1.87. The maximum absolute atomic E-state index is 11.6. The number of ether oxygens (including phenoxy) is 1. The van der Waals surface area contributed by atoms with Crippen LogP contribution in [-0.4, -0.2) is 42.4 Å². The van der Waals surface area contributed by atoms with Gasteiger partial charge in [0.2, 0.25) is 0 Å². The summed E-state index contributed by atoms with van der Waals surface area (Å²) in [5, 5.41) is 11.6. The number of aliphatic hydroxyl groups excluding tert-OH is 1. The molecule has 1 amide bonds. The molecule has 0 aliphatic rings. The molecule has 1 aromatic heterocycles. The van der Waals surface area contributed by atoms with Crippen molar-refractivity contribution in [2.45, 2.75) is 6.04 Å². The van der Waals surface area contributed by atoms with Crippen molar-refractivity contribution in [3.05, 3.63) is 30.1 Å².